The second-order valence-electron chi connectivity index (χ2n) is 5.54. The number of ether oxygens (including phenoxy) is 1. The topological polar surface area (TPSA) is 32.8 Å². The van der Waals surface area contributed by atoms with Gasteiger partial charge in [0.2, 0.25) is 5.91 Å². The molecule has 0 aromatic heterocycles. The molecule has 1 aromatic rings. The maximum absolute atomic E-state index is 12.4. The van der Waals surface area contributed by atoms with Crippen molar-refractivity contribution in [2.45, 2.75) is 26.3 Å². The van der Waals surface area contributed by atoms with E-state index in [1.807, 2.05) is 29.2 Å². The predicted octanol–water partition coefficient (Wildman–Crippen LogP) is 2.14. The summed E-state index contributed by atoms with van der Waals surface area (Å²) in [6.07, 6.45) is 0. The van der Waals surface area contributed by atoms with E-state index in [0.29, 0.717) is 6.54 Å². The Morgan fingerprint density at radius 3 is 2.37 bits per heavy atom. The Kier molecular flexibility index (Phi) is 3.80. The molecule has 1 aliphatic heterocycles. The largest absolute Gasteiger partial charge is 0.497 e. The van der Waals surface area contributed by atoms with E-state index in [-0.39, 0.29) is 11.4 Å². The van der Waals surface area contributed by atoms with Crippen LogP contribution in [0.25, 0.3) is 0 Å². The normalized spacial score (nSPS) is 19.6. The first-order chi connectivity index (χ1) is 8.97. The third-order valence-electron chi connectivity index (χ3n) is 3.60. The summed E-state index contributed by atoms with van der Waals surface area (Å²) in [4.78, 5) is 16.5. The number of nitrogens with zero attached hydrogens (tertiary/aromatic N) is 2. The number of benzene rings is 1. The number of carbonyl (C=O) groups is 1. The van der Waals surface area contributed by atoms with Gasteiger partial charge in [-0.3, -0.25) is 9.69 Å². The van der Waals surface area contributed by atoms with Crippen molar-refractivity contribution in [3.05, 3.63) is 24.3 Å². The van der Waals surface area contributed by atoms with Crippen LogP contribution in [0.2, 0.25) is 0 Å². The van der Waals surface area contributed by atoms with E-state index >= 15 is 0 Å². The molecule has 0 radical (unpaired) electrons. The molecule has 1 fully saturated rings. The third-order valence-corrected chi connectivity index (χ3v) is 3.60. The highest BCUT2D eigenvalue weighted by Crippen LogP contribution is 2.29. The monoisotopic (exact) mass is 262 g/mol. The van der Waals surface area contributed by atoms with E-state index in [1.165, 1.54) is 0 Å². The van der Waals surface area contributed by atoms with Crippen LogP contribution in [0.3, 0.4) is 0 Å². The van der Waals surface area contributed by atoms with Gasteiger partial charge < -0.3 is 9.64 Å². The highest BCUT2D eigenvalue weighted by molar-refractivity contribution is 5.97. The molecule has 0 bridgehead atoms. The summed E-state index contributed by atoms with van der Waals surface area (Å²) in [7, 11) is 1.64. The van der Waals surface area contributed by atoms with Crippen molar-refractivity contribution in [3.8, 4) is 5.75 Å². The molecule has 4 nitrogen and oxygen atoms in total. The quantitative estimate of drug-likeness (QED) is 0.836. The van der Waals surface area contributed by atoms with Crippen molar-refractivity contribution in [1.29, 1.82) is 0 Å². The molecule has 1 aliphatic rings. The van der Waals surface area contributed by atoms with Crippen molar-refractivity contribution < 1.29 is 9.53 Å². The Hall–Kier alpha value is -1.55. The van der Waals surface area contributed by atoms with Crippen LogP contribution in [0, 0.1) is 0 Å². The molecular formula is C15H22N2O2. The Labute approximate surface area is 115 Å². The van der Waals surface area contributed by atoms with Crippen LogP contribution in [-0.4, -0.2) is 43.1 Å². The van der Waals surface area contributed by atoms with Crippen LogP contribution in [-0.2, 0) is 4.79 Å². The summed E-state index contributed by atoms with van der Waals surface area (Å²) >= 11 is 0. The fourth-order valence-corrected chi connectivity index (χ4v) is 2.72. The van der Waals surface area contributed by atoms with Gasteiger partial charge in [0, 0.05) is 12.2 Å². The van der Waals surface area contributed by atoms with Gasteiger partial charge in [-0.2, -0.15) is 0 Å². The maximum atomic E-state index is 12.4. The second-order valence-corrected chi connectivity index (χ2v) is 5.54. The molecule has 1 heterocycles. The first kappa shape index (κ1) is 13.9. The second kappa shape index (κ2) is 5.21. The van der Waals surface area contributed by atoms with Crippen LogP contribution in [0.4, 0.5) is 5.69 Å². The number of hydrogen-bond donors (Lipinski definition) is 0. The standard InChI is InChI=1S/C15H22N2O2/c1-5-16-10-14(18)17(15(2,3)11-16)12-6-8-13(19-4)9-7-12/h6-9H,5,10-11H2,1-4H3. The first-order valence-corrected chi connectivity index (χ1v) is 6.67. The number of anilines is 1. The van der Waals surface area contributed by atoms with E-state index < -0.39 is 0 Å². The molecule has 0 unspecified atom stereocenters. The maximum Gasteiger partial charge on any atom is 0.241 e. The van der Waals surface area contributed by atoms with E-state index in [1.54, 1.807) is 7.11 Å². The lowest BCUT2D eigenvalue weighted by Crippen LogP contribution is -2.62. The molecule has 4 heteroatoms. The molecular weight excluding hydrogens is 240 g/mol. The van der Waals surface area contributed by atoms with Gasteiger partial charge in [-0.15, -0.1) is 0 Å². The predicted molar refractivity (Wildman–Crippen MR) is 76.7 cm³/mol. The van der Waals surface area contributed by atoms with Gasteiger partial charge in [0.25, 0.3) is 0 Å². The molecule has 1 saturated heterocycles. The third kappa shape index (κ3) is 2.73. The SMILES string of the molecule is CCN1CC(=O)N(c2ccc(OC)cc2)C(C)(C)C1. The Bertz CT molecular complexity index is 454. The molecule has 0 spiro atoms. The zero-order chi connectivity index (χ0) is 14.0. The highest BCUT2D eigenvalue weighted by atomic mass is 16.5. The van der Waals surface area contributed by atoms with Crippen molar-refractivity contribution in [2.75, 3.05) is 31.6 Å². The lowest BCUT2D eigenvalue weighted by Gasteiger charge is -2.46. The summed E-state index contributed by atoms with van der Waals surface area (Å²) in [6, 6.07) is 7.68. The summed E-state index contributed by atoms with van der Waals surface area (Å²) in [5.41, 5.74) is 0.742. The van der Waals surface area contributed by atoms with E-state index in [9.17, 15) is 4.79 Å². The zero-order valence-electron chi connectivity index (χ0n) is 12.1. The van der Waals surface area contributed by atoms with Crippen molar-refractivity contribution in [2.24, 2.45) is 0 Å². The Balaban J connectivity index is 2.28. The Morgan fingerprint density at radius 2 is 1.89 bits per heavy atom. The Morgan fingerprint density at radius 1 is 1.26 bits per heavy atom. The van der Waals surface area contributed by atoms with Gasteiger partial charge in [-0.05, 0) is 44.7 Å². The summed E-state index contributed by atoms with van der Waals surface area (Å²) in [5, 5.41) is 0. The van der Waals surface area contributed by atoms with Gasteiger partial charge in [0.05, 0.1) is 19.2 Å². The molecule has 0 N–H and O–H groups in total. The number of rotatable bonds is 3. The lowest BCUT2D eigenvalue weighted by atomic mass is 9.97. The zero-order valence-corrected chi connectivity index (χ0v) is 12.1. The van der Waals surface area contributed by atoms with Crippen molar-refractivity contribution in [1.82, 2.24) is 4.90 Å². The van der Waals surface area contributed by atoms with E-state index in [2.05, 4.69) is 25.7 Å². The number of hydrogen-bond acceptors (Lipinski definition) is 3. The number of methoxy groups -OCH3 is 1. The number of amides is 1. The van der Waals surface area contributed by atoms with Gasteiger partial charge in [-0.1, -0.05) is 6.92 Å². The molecule has 19 heavy (non-hydrogen) atoms. The average molecular weight is 262 g/mol. The molecule has 0 aliphatic carbocycles. The van der Waals surface area contributed by atoms with E-state index in [0.717, 1.165) is 24.5 Å². The lowest BCUT2D eigenvalue weighted by molar-refractivity contribution is -0.123. The molecule has 0 saturated carbocycles. The molecule has 1 amide bonds. The van der Waals surface area contributed by atoms with Gasteiger partial charge >= 0.3 is 0 Å². The fraction of sp³-hybridized carbons (Fsp3) is 0.533. The molecule has 1 aromatic carbocycles. The molecule has 104 valence electrons. The van der Waals surface area contributed by atoms with Gasteiger partial charge in [0.1, 0.15) is 5.75 Å². The minimum absolute atomic E-state index is 0.156. The smallest absolute Gasteiger partial charge is 0.241 e. The first-order valence-electron chi connectivity index (χ1n) is 6.67. The van der Waals surface area contributed by atoms with Crippen LogP contribution in [0.15, 0.2) is 24.3 Å². The summed E-state index contributed by atoms with van der Waals surface area (Å²) in [6.45, 7) is 8.60. The van der Waals surface area contributed by atoms with Crippen molar-refractivity contribution in [3.63, 3.8) is 0 Å². The number of piperazine rings is 1. The van der Waals surface area contributed by atoms with Crippen LogP contribution in [0.5, 0.6) is 5.75 Å². The molecule has 0 atom stereocenters. The minimum Gasteiger partial charge on any atom is -0.497 e. The van der Waals surface area contributed by atoms with E-state index in [4.69, 9.17) is 4.74 Å². The van der Waals surface area contributed by atoms with Crippen molar-refractivity contribution >= 4 is 11.6 Å². The minimum atomic E-state index is -0.195. The van der Waals surface area contributed by atoms with Crippen LogP contribution >= 0.6 is 0 Å². The fourth-order valence-electron chi connectivity index (χ4n) is 2.72. The van der Waals surface area contributed by atoms with Crippen LogP contribution < -0.4 is 9.64 Å². The van der Waals surface area contributed by atoms with Gasteiger partial charge in [-0.25, -0.2) is 0 Å². The number of likely N-dealkylation sites (N-methyl/N-ethyl adjacent to an activating group) is 1. The van der Waals surface area contributed by atoms with Gasteiger partial charge in [0.15, 0.2) is 0 Å². The average Bonchev–Trinajstić information content (AvgIpc) is 2.37. The van der Waals surface area contributed by atoms with Crippen LogP contribution in [0.1, 0.15) is 20.8 Å². The summed E-state index contributed by atoms with van der Waals surface area (Å²) in [5.74, 6) is 0.962. The molecule has 2 rings (SSSR count). The summed E-state index contributed by atoms with van der Waals surface area (Å²) < 4.78 is 5.16. The highest BCUT2D eigenvalue weighted by Gasteiger charge is 2.38. The number of carbonyl (C=O) groups excluding carboxylic acids is 1.